The van der Waals surface area contributed by atoms with Crippen molar-refractivity contribution in [2.75, 3.05) is 19.7 Å². The van der Waals surface area contributed by atoms with Crippen molar-refractivity contribution in [2.45, 2.75) is 38.4 Å². The molecule has 1 atom stereocenters. The van der Waals surface area contributed by atoms with E-state index in [0.29, 0.717) is 5.56 Å². The van der Waals surface area contributed by atoms with Gasteiger partial charge >= 0.3 is 6.09 Å². The zero-order valence-electron chi connectivity index (χ0n) is 16.0. The number of benzene rings is 1. The summed E-state index contributed by atoms with van der Waals surface area (Å²) in [5, 5.41) is 2.57. The Hall–Kier alpha value is -2.67. The van der Waals surface area contributed by atoms with Crippen molar-refractivity contribution >= 4 is 17.9 Å². The molecule has 27 heavy (non-hydrogen) atoms. The molecular formula is C20H26N2O5. The maximum Gasteiger partial charge on any atom is 0.407 e. The van der Waals surface area contributed by atoms with E-state index in [0.717, 1.165) is 0 Å². The van der Waals surface area contributed by atoms with Crippen LogP contribution in [0.4, 0.5) is 4.79 Å². The van der Waals surface area contributed by atoms with Crippen LogP contribution in [0, 0.1) is 0 Å². The predicted molar refractivity (Wildman–Crippen MR) is 100 cm³/mol. The SMILES string of the molecule is C=CC[C@]1(CNC(=O)OC(C)(C)C)OCCN(C(=O)c2ccccc2)C1=O. The third kappa shape index (κ3) is 5.17. The van der Waals surface area contributed by atoms with Crippen molar-refractivity contribution in [2.24, 2.45) is 0 Å². The third-order valence-corrected chi connectivity index (χ3v) is 3.99. The number of carbonyl (C=O) groups excluding carboxylic acids is 3. The molecule has 1 heterocycles. The van der Waals surface area contributed by atoms with Crippen LogP contribution in [0.1, 0.15) is 37.6 Å². The maximum absolute atomic E-state index is 13.1. The number of morpholine rings is 1. The van der Waals surface area contributed by atoms with Gasteiger partial charge in [0.05, 0.1) is 19.7 Å². The summed E-state index contributed by atoms with van der Waals surface area (Å²) in [5.41, 5.74) is -1.63. The van der Waals surface area contributed by atoms with E-state index < -0.39 is 29.1 Å². The first kappa shape index (κ1) is 20.6. The molecule has 0 bridgehead atoms. The summed E-state index contributed by atoms with van der Waals surface area (Å²) in [6, 6.07) is 8.57. The van der Waals surface area contributed by atoms with Crippen LogP contribution in [0.15, 0.2) is 43.0 Å². The van der Waals surface area contributed by atoms with Crippen molar-refractivity contribution in [3.05, 3.63) is 48.6 Å². The quantitative estimate of drug-likeness (QED) is 0.632. The molecule has 7 nitrogen and oxygen atoms in total. The molecule has 7 heteroatoms. The Balaban J connectivity index is 2.17. The van der Waals surface area contributed by atoms with Crippen molar-refractivity contribution in [1.29, 1.82) is 0 Å². The Morgan fingerprint density at radius 3 is 2.59 bits per heavy atom. The Kier molecular flexibility index (Phi) is 6.38. The molecule has 1 saturated heterocycles. The molecule has 146 valence electrons. The molecule has 0 spiro atoms. The van der Waals surface area contributed by atoms with E-state index in [4.69, 9.17) is 9.47 Å². The number of ether oxygens (including phenoxy) is 2. The van der Waals surface area contributed by atoms with Gasteiger partial charge in [-0.05, 0) is 32.9 Å². The number of nitrogens with one attached hydrogen (secondary N) is 1. The number of alkyl carbamates (subject to hydrolysis) is 1. The van der Waals surface area contributed by atoms with E-state index >= 15 is 0 Å². The Bertz CT molecular complexity index is 711. The lowest BCUT2D eigenvalue weighted by molar-refractivity contribution is -0.166. The van der Waals surface area contributed by atoms with Gasteiger partial charge in [0.25, 0.3) is 11.8 Å². The van der Waals surface area contributed by atoms with Crippen LogP contribution >= 0.6 is 0 Å². The first-order valence-electron chi connectivity index (χ1n) is 8.81. The highest BCUT2D eigenvalue weighted by Crippen LogP contribution is 2.25. The van der Waals surface area contributed by atoms with Gasteiger partial charge in [-0.25, -0.2) is 4.79 Å². The molecule has 2 rings (SSSR count). The number of rotatable bonds is 5. The summed E-state index contributed by atoms with van der Waals surface area (Å²) < 4.78 is 10.9. The lowest BCUT2D eigenvalue weighted by atomic mass is 9.95. The predicted octanol–water partition coefficient (Wildman–Crippen LogP) is 2.53. The third-order valence-electron chi connectivity index (χ3n) is 3.99. The zero-order valence-corrected chi connectivity index (χ0v) is 16.0. The standard InChI is InChI=1S/C20H26N2O5/c1-5-11-20(14-21-18(25)27-19(2,3)4)17(24)22(12-13-26-20)16(23)15-9-7-6-8-10-15/h5-10H,1,11-14H2,2-4H3,(H,21,25)/t20-/m1/s1. The van der Waals surface area contributed by atoms with Gasteiger partial charge in [0.1, 0.15) is 5.60 Å². The number of imide groups is 1. The number of nitrogens with zero attached hydrogens (tertiary/aromatic N) is 1. The molecule has 0 unspecified atom stereocenters. The normalized spacial score (nSPS) is 20.1. The highest BCUT2D eigenvalue weighted by atomic mass is 16.6. The van der Waals surface area contributed by atoms with Gasteiger partial charge in [-0.2, -0.15) is 0 Å². The van der Waals surface area contributed by atoms with E-state index in [-0.39, 0.29) is 26.1 Å². The number of carbonyl (C=O) groups is 3. The fraction of sp³-hybridized carbons (Fsp3) is 0.450. The van der Waals surface area contributed by atoms with Gasteiger partial charge in [-0.1, -0.05) is 24.3 Å². The number of hydrogen-bond donors (Lipinski definition) is 1. The Labute approximate surface area is 159 Å². The lowest BCUT2D eigenvalue weighted by Gasteiger charge is -2.40. The number of amides is 3. The molecule has 0 aromatic heterocycles. The second-order valence-electron chi connectivity index (χ2n) is 7.32. The van der Waals surface area contributed by atoms with Crippen molar-refractivity contribution in [3.63, 3.8) is 0 Å². The van der Waals surface area contributed by atoms with Crippen molar-refractivity contribution < 1.29 is 23.9 Å². The highest BCUT2D eigenvalue weighted by Gasteiger charge is 2.47. The fourth-order valence-electron chi connectivity index (χ4n) is 2.78. The van der Waals surface area contributed by atoms with Gasteiger partial charge < -0.3 is 14.8 Å². The first-order valence-corrected chi connectivity index (χ1v) is 8.81. The van der Waals surface area contributed by atoms with Gasteiger partial charge in [0.2, 0.25) is 0 Å². The minimum Gasteiger partial charge on any atom is -0.444 e. The summed E-state index contributed by atoms with van der Waals surface area (Å²) in [4.78, 5) is 39.0. The molecule has 1 aromatic carbocycles. The fourth-order valence-corrected chi connectivity index (χ4v) is 2.78. The van der Waals surface area contributed by atoms with E-state index in [2.05, 4.69) is 11.9 Å². The van der Waals surface area contributed by atoms with Gasteiger partial charge in [-0.15, -0.1) is 6.58 Å². The van der Waals surface area contributed by atoms with E-state index in [1.165, 1.54) is 11.0 Å². The van der Waals surface area contributed by atoms with E-state index in [1.807, 2.05) is 0 Å². The molecule has 0 radical (unpaired) electrons. The van der Waals surface area contributed by atoms with Crippen LogP contribution in [0.5, 0.6) is 0 Å². The van der Waals surface area contributed by atoms with Crippen LogP contribution < -0.4 is 5.32 Å². The molecule has 3 amide bonds. The minimum absolute atomic E-state index is 0.120. The van der Waals surface area contributed by atoms with Crippen LogP contribution in [0.3, 0.4) is 0 Å². The van der Waals surface area contributed by atoms with Crippen molar-refractivity contribution in [1.82, 2.24) is 10.2 Å². The van der Waals surface area contributed by atoms with Crippen LogP contribution in [0.25, 0.3) is 0 Å². The summed E-state index contributed by atoms with van der Waals surface area (Å²) in [7, 11) is 0. The largest absolute Gasteiger partial charge is 0.444 e. The van der Waals surface area contributed by atoms with Gasteiger partial charge in [0, 0.05) is 12.0 Å². The van der Waals surface area contributed by atoms with E-state index in [1.54, 1.807) is 51.1 Å². The molecule has 1 aliphatic rings. The van der Waals surface area contributed by atoms with Crippen LogP contribution in [-0.2, 0) is 14.3 Å². The van der Waals surface area contributed by atoms with Crippen molar-refractivity contribution in [3.8, 4) is 0 Å². The summed E-state index contributed by atoms with van der Waals surface area (Å²) in [6.07, 6.45) is 1.03. The number of hydrogen-bond acceptors (Lipinski definition) is 5. The second-order valence-corrected chi connectivity index (χ2v) is 7.32. The molecular weight excluding hydrogens is 348 g/mol. The first-order chi connectivity index (χ1) is 12.7. The molecule has 1 fully saturated rings. The topological polar surface area (TPSA) is 84.9 Å². The van der Waals surface area contributed by atoms with Crippen LogP contribution in [0.2, 0.25) is 0 Å². The average molecular weight is 374 g/mol. The van der Waals surface area contributed by atoms with Gasteiger partial charge in [-0.3, -0.25) is 14.5 Å². The average Bonchev–Trinajstić information content (AvgIpc) is 2.61. The Morgan fingerprint density at radius 2 is 2.00 bits per heavy atom. The monoisotopic (exact) mass is 374 g/mol. The zero-order chi connectivity index (χ0) is 20.1. The smallest absolute Gasteiger partial charge is 0.407 e. The highest BCUT2D eigenvalue weighted by molar-refractivity contribution is 6.07. The molecule has 1 aliphatic heterocycles. The minimum atomic E-state index is -1.39. The lowest BCUT2D eigenvalue weighted by Crippen LogP contribution is -2.62. The maximum atomic E-state index is 13.1. The van der Waals surface area contributed by atoms with Crippen LogP contribution in [-0.4, -0.2) is 53.7 Å². The van der Waals surface area contributed by atoms with E-state index in [9.17, 15) is 14.4 Å². The molecule has 0 aliphatic carbocycles. The summed E-state index contributed by atoms with van der Waals surface area (Å²) in [6.45, 7) is 9.11. The molecule has 1 aromatic rings. The second kappa shape index (κ2) is 8.35. The Morgan fingerprint density at radius 1 is 1.33 bits per heavy atom. The van der Waals surface area contributed by atoms with Gasteiger partial charge in [0.15, 0.2) is 5.60 Å². The summed E-state index contributed by atoms with van der Waals surface area (Å²) in [5.74, 6) is -0.895. The molecule has 1 N–H and O–H groups in total. The molecule has 0 saturated carbocycles. The summed E-state index contributed by atoms with van der Waals surface area (Å²) >= 11 is 0.